The van der Waals surface area contributed by atoms with Gasteiger partial charge in [-0.25, -0.2) is 4.98 Å². The van der Waals surface area contributed by atoms with Crippen LogP contribution in [-0.4, -0.2) is 39.1 Å². The van der Waals surface area contributed by atoms with Crippen LogP contribution in [0.4, 0.5) is 0 Å². The van der Waals surface area contributed by atoms with Crippen LogP contribution in [0.5, 0.6) is 0 Å². The molecular formula is C23H22N4O2. The summed E-state index contributed by atoms with van der Waals surface area (Å²) in [6.45, 7) is 1.33. The molecule has 1 N–H and O–H groups in total. The van der Waals surface area contributed by atoms with Crippen molar-refractivity contribution in [1.82, 2.24) is 20.1 Å². The highest BCUT2D eigenvalue weighted by Gasteiger charge is 2.30. The number of fused-ring (bicyclic) bond motifs is 1. The maximum Gasteiger partial charge on any atom is 0.275 e. The topological polar surface area (TPSA) is 75.0 Å². The number of para-hydroxylation sites is 1. The largest absolute Gasteiger partial charge is 0.445 e. The zero-order valence-electron chi connectivity index (χ0n) is 16.0. The third-order valence-electron chi connectivity index (χ3n) is 5.52. The van der Waals surface area contributed by atoms with Crippen molar-refractivity contribution in [2.45, 2.75) is 25.2 Å². The fraction of sp³-hybridized carbons (Fsp3) is 0.261. The Balaban J connectivity index is 1.31. The van der Waals surface area contributed by atoms with Crippen molar-refractivity contribution in [3.05, 3.63) is 83.7 Å². The van der Waals surface area contributed by atoms with Crippen LogP contribution in [-0.2, 0) is 6.42 Å². The number of aromatic nitrogens is 3. The van der Waals surface area contributed by atoms with Crippen molar-refractivity contribution in [2.24, 2.45) is 0 Å². The van der Waals surface area contributed by atoms with Crippen molar-refractivity contribution in [3.8, 4) is 0 Å². The maximum atomic E-state index is 13.1. The van der Waals surface area contributed by atoms with E-state index in [-0.39, 0.29) is 11.8 Å². The molecule has 1 aliphatic heterocycles. The normalized spacial score (nSPS) is 17.0. The molecule has 0 unspecified atom stereocenters. The number of piperidine rings is 1. The van der Waals surface area contributed by atoms with Gasteiger partial charge in [-0.2, -0.15) is 5.10 Å². The van der Waals surface area contributed by atoms with Gasteiger partial charge in [-0.3, -0.25) is 9.89 Å². The fourth-order valence-corrected chi connectivity index (χ4v) is 4.03. The molecule has 6 heteroatoms. The van der Waals surface area contributed by atoms with E-state index in [1.54, 1.807) is 0 Å². The Morgan fingerprint density at radius 1 is 1.14 bits per heavy atom. The molecule has 2 aromatic carbocycles. The lowest BCUT2D eigenvalue weighted by Crippen LogP contribution is -2.39. The minimum Gasteiger partial charge on any atom is -0.445 e. The van der Waals surface area contributed by atoms with Crippen LogP contribution in [0.1, 0.15) is 46.5 Å². The van der Waals surface area contributed by atoms with E-state index in [1.165, 1.54) is 5.56 Å². The number of likely N-dealkylation sites (tertiary alicyclic amines) is 1. The second kappa shape index (κ2) is 7.54. The minimum atomic E-state index is -0.0387. The molecule has 146 valence electrons. The van der Waals surface area contributed by atoms with Crippen molar-refractivity contribution in [1.29, 1.82) is 0 Å². The third-order valence-corrected chi connectivity index (χ3v) is 5.52. The summed E-state index contributed by atoms with van der Waals surface area (Å²) >= 11 is 0. The van der Waals surface area contributed by atoms with Crippen LogP contribution in [0.15, 0.2) is 65.2 Å². The van der Waals surface area contributed by atoms with E-state index in [0.29, 0.717) is 12.2 Å². The summed E-state index contributed by atoms with van der Waals surface area (Å²) in [6, 6.07) is 17.9. The van der Waals surface area contributed by atoms with Crippen molar-refractivity contribution in [3.63, 3.8) is 0 Å². The van der Waals surface area contributed by atoms with E-state index >= 15 is 0 Å². The monoisotopic (exact) mass is 386 g/mol. The molecule has 6 nitrogen and oxygen atoms in total. The molecule has 1 amide bonds. The Morgan fingerprint density at radius 2 is 1.97 bits per heavy atom. The Bertz CT molecular complexity index is 1130. The molecule has 3 heterocycles. The van der Waals surface area contributed by atoms with Gasteiger partial charge in [-0.1, -0.05) is 48.5 Å². The molecule has 0 aliphatic carbocycles. The number of hydrogen-bond donors (Lipinski definition) is 1. The number of carbonyl (C=O) groups excluding carboxylic acids is 1. The van der Waals surface area contributed by atoms with Gasteiger partial charge in [0.15, 0.2) is 11.6 Å². The Kier molecular flexibility index (Phi) is 4.60. The number of hydrogen-bond acceptors (Lipinski definition) is 4. The first-order valence-corrected chi connectivity index (χ1v) is 9.99. The van der Waals surface area contributed by atoms with Gasteiger partial charge in [0.2, 0.25) is 0 Å². The molecule has 4 aromatic rings. The van der Waals surface area contributed by atoms with Crippen LogP contribution in [0.2, 0.25) is 0 Å². The first kappa shape index (κ1) is 17.7. The molecule has 0 bridgehead atoms. The number of aromatic amines is 1. The van der Waals surface area contributed by atoms with Crippen molar-refractivity contribution >= 4 is 16.8 Å². The zero-order valence-corrected chi connectivity index (χ0v) is 16.0. The van der Waals surface area contributed by atoms with Gasteiger partial charge in [-0.05, 0) is 24.5 Å². The summed E-state index contributed by atoms with van der Waals surface area (Å²) in [5, 5.41) is 8.08. The van der Waals surface area contributed by atoms with E-state index in [4.69, 9.17) is 4.42 Å². The van der Waals surface area contributed by atoms with Gasteiger partial charge in [0, 0.05) is 24.9 Å². The number of carbonyl (C=O) groups is 1. The molecule has 0 radical (unpaired) electrons. The van der Waals surface area contributed by atoms with E-state index in [2.05, 4.69) is 27.3 Å². The first-order valence-electron chi connectivity index (χ1n) is 9.99. The second-order valence-corrected chi connectivity index (χ2v) is 7.54. The highest BCUT2D eigenvalue weighted by Crippen LogP contribution is 2.28. The maximum absolute atomic E-state index is 13.1. The predicted molar refractivity (Wildman–Crippen MR) is 110 cm³/mol. The van der Waals surface area contributed by atoms with Crippen molar-refractivity contribution in [2.75, 3.05) is 13.1 Å². The second-order valence-electron chi connectivity index (χ2n) is 7.54. The average molecular weight is 386 g/mol. The van der Waals surface area contributed by atoms with Gasteiger partial charge in [0.1, 0.15) is 5.76 Å². The molecule has 1 fully saturated rings. The lowest BCUT2D eigenvalue weighted by Gasteiger charge is -2.30. The number of amides is 1. The molecule has 1 atom stereocenters. The zero-order chi connectivity index (χ0) is 19.6. The molecule has 0 spiro atoms. The fourth-order valence-electron chi connectivity index (χ4n) is 4.03. The van der Waals surface area contributed by atoms with Gasteiger partial charge in [0.05, 0.1) is 17.6 Å². The van der Waals surface area contributed by atoms with Crippen molar-refractivity contribution < 1.29 is 9.21 Å². The Morgan fingerprint density at radius 3 is 2.86 bits per heavy atom. The third kappa shape index (κ3) is 3.53. The van der Waals surface area contributed by atoms with E-state index in [1.807, 2.05) is 53.6 Å². The van der Waals surface area contributed by atoms with E-state index in [9.17, 15) is 4.79 Å². The van der Waals surface area contributed by atoms with Crippen LogP contribution >= 0.6 is 0 Å². The highest BCUT2D eigenvalue weighted by atomic mass is 16.4. The summed E-state index contributed by atoms with van der Waals surface area (Å²) in [5.74, 6) is 1.65. The molecule has 1 saturated heterocycles. The number of rotatable bonds is 4. The molecule has 0 saturated carbocycles. The SMILES string of the molecule is O=C(c1n[nH]c2ccccc12)N1CCC[C@H](c2ncc(Cc3ccccc3)o2)C1. The first-order chi connectivity index (χ1) is 14.3. The van der Waals surface area contributed by atoms with Crippen LogP contribution in [0.3, 0.4) is 0 Å². The minimum absolute atomic E-state index is 0.0387. The summed E-state index contributed by atoms with van der Waals surface area (Å²) in [5.41, 5.74) is 2.56. The predicted octanol–water partition coefficient (Wildman–Crippen LogP) is 4.16. The summed E-state index contributed by atoms with van der Waals surface area (Å²) in [4.78, 5) is 19.5. The van der Waals surface area contributed by atoms with Crippen LogP contribution in [0.25, 0.3) is 10.9 Å². The lowest BCUT2D eigenvalue weighted by molar-refractivity contribution is 0.0694. The van der Waals surface area contributed by atoms with Gasteiger partial charge in [-0.15, -0.1) is 0 Å². The summed E-state index contributed by atoms with van der Waals surface area (Å²) in [7, 11) is 0. The quantitative estimate of drug-likeness (QED) is 0.571. The smallest absolute Gasteiger partial charge is 0.275 e. The summed E-state index contributed by atoms with van der Waals surface area (Å²) < 4.78 is 6.05. The number of oxazole rings is 1. The number of benzene rings is 2. The lowest BCUT2D eigenvalue weighted by atomic mass is 9.97. The highest BCUT2D eigenvalue weighted by molar-refractivity contribution is 6.04. The van der Waals surface area contributed by atoms with Gasteiger partial charge in [0.25, 0.3) is 5.91 Å². The molecule has 5 rings (SSSR count). The van der Waals surface area contributed by atoms with Gasteiger partial charge >= 0.3 is 0 Å². The number of H-pyrrole nitrogens is 1. The van der Waals surface area contributed by atoms with E-state index in [0.717, 1.165) is 48.4 Å². The number of nitrogens with one attached hydrogen (secondary N) is 1. The molecule has 1 aliphatic rings. The summed E-state index contributed by atoms with van der Waals surface area (Å²) in [6.07, 6.45) is 4.43. The van der Waals surface area contributed by atoms with Crippen LogP contribution < -0.4 is 0 Å². The average Bonchev–Trinajstić information content (AvgIpc) is 3.41. The number of nitrogens with zero attached hydrogens (tertiary/aromatic N) is 3. The Labute approximate surface area is 168 Å². The van der Waals surface area contributed by atoms with Crippen LogP contribution in [0, 0.1) is 0 Å². The molecule has 29 heavy (non-hydrogen) atoms. The standard InChI is InChI=1S/C23H22N4O2/c28-23(21-19-10-4-5-11-20(19)25-26-21)27-12-6-9-17(15-27)22-24-14-18(29-22)13-16-7-2-1-3-8-16/h1-5,7-8,10-11,14,17H,6,9,12-13,15H2,(H,25,26)/t17-/m0/s1. The molecule has 2 aromatic heterocycles. The molecular weight excluding hydrogens is 364 g/mol. The van der Waals surface area contributed by atoms with Gasteiger partial charge < -0.3 is 9.32 Å². The Hall–Kier alpha value is -3.41. The van der Waals surface area contributed by atoms with E-state index < -0.39 is 0 Å².